The maximum absolute atomic E-state index is 11.9. The number of esters is 1. The Bertz CT molecular complexity index is 1140. The van der Waals surface area contributed by atoms with Gasteiger partial charge in [-0.1, -0.05) is 6.92 Å². The lowest BCUT2D eigenvalue weighted by Gasteiger charge is -2.10. The van der Waals surface area contributed by atoms with Crippen molar-refractivity contribution in [3.05, 3.63) is 65.3 Å². The molecular formula is C22H20N4O2S. The van der Waals surface area contributed by atoms with E-state index in [9.17, 15) is 4.79 Å². The Morgan fingerprint density at radius 2 is 1.97 bits per heavy atom. The van der Waals surface area contributed by atoms with E-state index in [1.807, 2.05) is 24.3 Å². The molecule has 0 aliphatic rings. The molecule has 0 fully saturated rings. The molecule has 1 aromatic carbocycles. The van der Waals surface area contributed by atoms with Gasteiger partial charge in [0.1, 0.15) is 10.6 Å². The van der Waals surface area contributed by atoms with Crippen LogP contribution < -0.4 is 5.32 Å². The molecule has 4 aromatic rings. The van der Waals surface area contributed by atoms with E-state index in [-0.39, 0.29) is 5.97 Å². The van der Waals surface area contributed by atoms with Gasteiger partial charge in [-0.05, 0) is 55.8 Å². The van der Waals surface area contributed by atoms with Gasteiger partial charge in [-0.25, -0.2) is 14.8 Å². The van der Waals surface area contributed by atoms with E-state index in [1.165, 1.54) is 4.88 Å². The number of nitrogens with zero attached hydrogens (tertiary/aromatic N) is 3. The average Bonchev–Trinajstić information content (AvgIpc) is 3.19. The van der Waals surface area contributed by atoms with Crippen LogP contribution in [0.3, 0.4) is 0 Å². The monoisotopic (exact) mass is 404 g/mol. The predicted octanol–water partition coefficient (Wildman–Crippen LogP) is 5.24. The van der Waals surface area contributed by atoms with Crippen molar-refractivity contribution in [1.29, 1.82) is 0 Å². The molecule has 0 radical (unpaired) electrons. The molecule has 0 aliphatic heterocycles. The first kappa shape index (κ1) is 19.0. The van der Waals surface area contributed by atoms with Crippen LogP contribution in [0.15, 0.2) is 54.9 Å². The van der Waals surface area contributed by atoms with Crippen molar-refractivity contribution in [3.63, 3.8) is 0 Å². The normalized spacial score (nSPS) is 10.8. The second-order valence-electron chi connectivity index (χ2n) is 6.35. The zero-order valence-corrected chi connectivity index (χ0v) is 17.0. The lowest BCUT2D eigenvalue weighted by atomic mass is 10.2. The predicted molar refractivity (Wildman–Crippen MR) is 116 cm³/mol. The number of ether oxygens (including phenoxy) is 1. The van der Waals surface area contributed by atoms with Crippen LogP contribution in [0.1, 0.15) is 29.1 Å². The Hall–Kier alpha value is -3.32. The standard InChI is InChI=1S/C22H20N4O2S/c1-3-17-12-18-20(24-16-9-7-14(8-10-16)22(27)28-4-2)25-19(26-21(18)29-17)15-6-5-11-23-13-15/h5-13H,3-4H2,1-2H3,(H,24,25,26). The summed E-state index contributed by atoms with van der Waals surface area (Å²) in [5.41, 5.74) is 2.21. The number of hydrogen-bond donors (Lipinski definition) is 1. The van der Waals surface area contributed by atoms with E-state index in [0.29, 0.717) is 18.0 Å². The Labute approximate surface area is 172 Å². The molecule has 0 spiro atoms. The number of benzene rings is 1. The summed E-state index contributed by atoms with van der Waals surface area (Å²) in [4.78, 5) is 27.7. The summed E-state index contributed by atoms with van der Waals surface area (Å²) in [7, 11) is 0. The van der Waals surface area contributed by atoms with Gasteiger partial charge in [0, 0.05) is 28.5 Å². The molecular weight excluding hydrogens is 384 g/mol. The zero-order chi connectivity index (χ0) is 20.2. The number of anilines is 2. The van der Waals surface area contributed by atoms with Crippen molar-refractivity contribution in [2.45, 2.75) is 20.3 Å². The van der Waals surface area contributed by atoms with E-state index in [4.69, 9.17) is 14.7 Å². The van der Waals surface area contributed by atoms with Crippen LogP contribution in [0.25, 0.3) is 21.6 Å². The maximum atomic E-state index is 11.9. The molecule has 7 heteroatoms. The molecule has 0 bridgehead atoms. The van der Waals surface area contributed by atoms with Gasteiger partial charge in [-0.15, -0.1) is 11.3 Å². The van der Waals surface area contributed by atoms with Crippen LogP contribution in [0.2, 0.25) is 0 Å². The van der Waals surface area contributed by atoms with Crippen LogP contribution in [-0.4, -0.2) is 27.5 Å². The van der Waals surface area contributed by atoms with Crippen molar-refractivity contribution < 1.29 is 9.53 Å². The fourth-order valence-electron chi connectivity index (χ4n) is 2.91. The molecule has 0 atom stereocenters. The molecule has 0 amide bonds. The van der Waals surface area contributed by atoms with Gasteiger partial charge in [0.05, 0.1) is 17.6 Å². The highest BCUT2D eigenvalue weighted by Crippen LogP contribution is 2.33. The van der Waals surface area contributed by atoms with Crippen LogP contribution in [0.5, 0.6) is 0 Å². The third-order valence-electron chi connectivity index (χ3n) is 4.37. The van der Waals surface area contributed by atoms with E-state index >= 15 is 0 Å². The number of aryl methyl sites for hydroxylation is 1. The number of rotatable bonds is 6. The molecule has 0 saturated carbocycles. The number of carbonyl (C=O) groups is 1. The first-order valence-corrected chi connectivity index (χ1v) is 10.2. The smallest absolute Gasteiger partial charge is 0.338 e. The Balaban J connectivity index is 1.72. The molecule has 6 nitrogen and oxygen atoms in total. The highest BCUT2D eigenvalue weighted by atomic mass is 32.1. The van der Waals surface area contributed by atoms with Gasteiger partial charge < -0.3 is 10.1 Å². The average molecular weight is 404 g/mol. The highest BCUT2D eigenvalue weighted by molar-refractivity contribution is 7.18. The topological polar surface area (TPSA) is 77.0 Å². The molecule has 146 valence electrons. The summed E-state index contributed by atoms with van der Waals surface area (Å²) in [5.74, 6) is 1.03. The van der Waals surface area contributed by atoms with Gasteiger partial charge in [0.25, 0.3) is 0 Å². The molecule has 4 rings (SSSR count). The van der Waals surface area contributed by atoms with Crippen molar-refractivity contribution in [1.82, 2.24) is 15.0 Å². The fraction of sp³-hybridized carbons (Fsp3) is 0.182. The SMILES string of the molecule is CCOC(=O)c1ccc(Nc2nc(-c3cccnc3)nc3sc(CC)cc23)cc1. The summed E-state index contributed by atoms with van der Waals surface area (Å²) in [5, 5.41) is 4.36. The van der Waals surface area contributed by atoms with Crippen molar-refractivity contribution >= 4 is 39.0 Å². The number of hydrogen-bond acceptors (Lipinski definition) is 7. The summed E-state index contributed by atoms with van der Waals surface area (Å²) >= 11 is 1.67. The van der Waals surface area contributed by atoms with Crippen LogP contribution >= 0.6 is 11.3 Å². The molecule has 3 aromatic heterocycles. The van der Waals surface area contributed by atoms with Gasteiger partial charge in [0.2, 0.25) is 0 Å². The van der Waals surface area contributed by atoms with Crippen LogP contribution in [-0.2, 0) is 11.2 Å². The Morgan fingerprint density at radius 1 is 1.14 bits per heavy atom. The minimum atomic E-state index is -0.326. The molecule has 0 unspecified atom stereocenters. The number of fused-ring (bicyclic) bond motifs is 1. The summed E-state index contributed by atoms with van der Waals surface area (Å²) in [6.45, 7) is 4.27. The van der Waals surface area contributed by atoms with Crippen molar-refractivity contribution in [2.24, 2.45) is 0 Å². The van der Waals surface area contributed by atoms with Gasteiger partial charge in [-0.3, -0.25) is 4.98 Å². The van der Waals surface area contributed by atoms with E-state index in [0.717, 1.165) is 33.7 Å². The number of pyridine rings is 1. The lowest BCUT2D eigenvalue weighted by molar-refractivity contribution is 0.0526. The quantitative estimate of drug-likeness (QED) is 0.443. The first-order valence-electron chi connectivity index (χ1n) is 9.43. The largest absolute Gasteiger partial charge is 0.462 e. The van der Waals surface area contributed by atoms with E-state index in [2.05, 4.69) is 23.3 Å². The third-order valence-corrected chi connectivity index (χ3v) is 5.54. The number of nitrogens with one attached hydrogen (secondary N) is 1. The first-order chi connectivity index (χ1) is 14.2. The number of thiophene rings is 1. The zero-order valence-electron chi connectivity index (χ0n) is 16.2. The second kappa shape index (κ2) is 8.36. The van der Waals surface area contributed by atoms with Crippen LogP contribution in [0.4, 0.5) is 11.5 Å². The number of aromatic nitrogens is 3. The van der Waals surface area contributed by atoms with Gasteiger partial charge >= 0.3 is 5.97 Å². The summed E-state index contributed by atoms with van der Waals surface area (Å²) in [6.07, 6.45) is 4.43. The van der Waals surface area contributed by atoms with Crippen molar-refractivity contribution in [2.75, 3.05) is 11.9 Å². The van der Waals surface area contributed by atoms with Crippen molar-refractivity contribution in [3.8, 4) is 11.4 Å². The van der Waals surface area contributed by atoms with E-state index in [1.54, 1.807) is 42.8 Å². The maximum Gasteiger partial charge on any atom is 0.338 e. The minimum Gasteiger partial charge on any atom is -0.462 e. The third kappa shape index (κ3) is 4.09. The van der Waals surface area contributed by atoms with Crippen LogP contribution in [0, 0.1) is 0 Å². The highest BCUT2D eigenvalue weighted by Gasteiger charge is 2.14. The lowest BCUT2D eigenvalue weighted by Crippen LogP contribution is -2.04. The summed E-state index contributed by atoms with van der Waals surface area (Å²) < 4.78 is 5.04. The Kier molecular flexibility index (Phi) is 5.48. The molecule has 3 heterocycles. The summed E-state index contributed by atoms with van der Waals surface area (Å²) in [6, 6.07) is 13.1. The molecule has 0 aliphatic carbocycles. The Morgan fingerprint density at radius 3 is 2.66 bits per heavy atom. The minimum absolute atomic E-state index is 0.326. The number of carbonyl (C=O) groups excluding carboxylic acids is 1. The molecule has 1 N–H and O–H groups in total. The molecule has 29 heavy (non-hydrogen) atoms. The van der Waals surface area contributed by atoms with Gasteiger partial charge in [-0.2, -0.15) is 0 Å². The molecule has 0 saturated heterocycles. The van der Waals surface area contributed by atoms with E-state index < -0.39 is 0 Å². The fourth-order valence-corrected chi connectivity index (χ4v) is 3.87. The van der Waals surface area contributed by atoms with Gasteiger partial charge in [0.15, 0.2) is 5.82 Å². The second-order valence-corrected chi connectivity index (χ2v) is 7.46.